The average Bonchev–Trinajstić information content (AvgIpc) is 3.07. The maximum Gasteiger partial charge on any atom is 0.405 e. The molecule has 10 heteroatoms. The summed E-state index contributed by atoms with van der Waals surface area (Å²) in [6.45, 7) is 0.0691. The molecule has 0 radical (unpaired) electrons. The molecule has 0 bridgehead atoms. The summed E-state index contributed by atoms with van der Waals surface area (Å²) in [6, 6.07) is 4.24. The molecule has 1 atom stereocenters. The minimum Gasteiger partial charge on any atom is -0.359 e. The van der Waals surface area contributed by atoms with Crippen molar-refractivity contribution in [2.45, 2.75) is 19.1 Å². The van der Waals surface area contributed by atoms with Crippen molar-refractivity contribution in [3.8, 4) is 11.4 Å². The molecular formula is C16H15F3N6O. The lowest BCUT2D eigenvalue weighted by molar-refractivity contribution is -0.138. The summed E-state index contributed by atoms with van der Waals surface area (Å²) < 4.78 is 36.6. The third-order valence-corrected chi connectivity index (χ3v) is 3.58. The van der Waals surface area contributed by atoms with Crippen LogP contribution in [0.4, 0.5) is 19.0 Å². The van der Waals surface area contributed by atoms with Gasteiger partial charge in [0, 0.05) is 29.5 Å². The normalized spacial score (nSPS) is 12.8. The zero-order valence-electron chi connectivity index (χ0n) is 13.6. The van der Waals surface area contributed by atoms with Crippen LogP contribution in [0.5, 0.6) is 0 Å². The number of anilines is 1. The fraction of sp³-hybridized carbons (Fsp3) is 0.250. The van der Waals surface area contributed by atoms with E-state index in [1.807, 2.05) is 11.4 Å². The Bertz CT molecular complexity index is 923. The Labute approximate surface area is 146 Å². The molecule has 3 aromatic heterocycles. The first-order valence-electron chi connectivity index (χ1n) is 7.70. The topological polar surface area (TPSA) is 95.6 Å². The molecule has 3 heterocycles. The van der Waals surface area contributed by atoms with E-state index < -0.39 is 24.7 Å². The van der Waals surface area contributed by atoms with E-state index in [9.17, 15) is 18.0 Å². The predicted octanol–water partition coefficient (Wildman–Crippen LogP) is 2.50. The van der Waals surface area contributed by atoms with Gasteiger partial charge in [0.25, 0.3) is 0 Å². The highest BCUT2D eigenvalue weighted by molar-refractivity contribution is 5.91. The number of aromatic nitrogens is 4. The van der Waals surface area contributed by atoms with E-state index in [4.69, 9.17) is 0 Å². The van der Waals surface area contributed by atoms with Gasteiger partial charge in [0.05, 0.1) is 0 Å². The molecule has 3 rings (SSSR count). The molecular weight excluding hydrogens is 349 g/mol. The molecule has 0 aliphatic rings. The van der Waals surface area contributed by atoms with Crippen molar-refractivity contribution in [2.75, 3.05) is 11.9 Å². The number of hydrogen-bond acceptors (Lipinski definition) is 5. The Morgan fingerprint density at radius 2 is 2.00 bits per heavy atom. The van der Waals surface area contributed by atoms with Crippen LogP contribution < -0.4 is 10.6 Å². The third kappa shape index (κ3) is 4.08. The Balaban J connectivity index is 1.75. The van der Waals surface area contributed by atoms with Crippen LogP contribution in [0.25, 0.3) is 22.4 Å². The Morgan fingerprint density at radius 3 is 2.77 bits per heavy atom. The van der Waals surface area contributed by atoms with Crippen molar-refractivity contribution in [3.63, 3.8) is 0 Å². The zero-order chi connectivity index (χ0) is 18.7. The molecule has 7 nitrogen and oxygen atoms in total. The fourth-order valence-corrected chi connectivity index (χ4v) is 2.35. The molecule has 3 aromatic rings. The van der Waals surface area contributed by atoms with Crippen LogP contribution in [-0.4, -0.2) is 44.6 Å². The van der Waals surface area contributed by atoms with Gasteiger partial charge in [-0.2, -0.15) is 13.2 Å². The summed E-state index contributed by atoms with van der Waals surface area (Å²) in [7, 11) is 0. The summed E-state index contributed by atoms with van der Waals surface area (Å²) in [5, 5.41) is 5.44. The van der Waals surface area contributed by atoms with Crippen molar-refractivity contribution in [2.24, 2.45) is 0 Å². The van der Waals surface area contributed by atoms with Crippen molar-refractivity contribution in [1.29, 1.82) is 0 Å². The second-order valence-corrected chi connectivity index (χ2v) is 5.56. The summed E-state index contributed by atoms with van der Waals surface area (Å²) in [5.41, 5.74) is 1.43. The summed E-state index contributed by atoms with van der Waals surface area (Å²) in [5.74, 6) is -0.0468. The zero-order valence-corrected chi connectivity index (χ0v) is 13.6. The number of aromatic amines is 1. The number of pyridine rings is 1. The Hall–Kier alpha value is -3.17. The van der Waals surface area contributed by atoms with Crippen molar-refractivity contribution in [3.05, 3.63) is 36.8 Å². The lowest BCUT2D eigenvalue weighted by atomic mass is 10.2. The number of nitrogens with one attached hydrogen (secondary N) is 3. The van der Waals surface area contributed by atoms with Gasteiger partial charge in [-0.05, 0) is 25.1 Å². The highest BCUT2D eigenvalue weighted by atomic mass is 19.4. The molecule has 1 amide bonds. The maximum absolute atomic E-state index is 12.2. The largest absolute Gasteiger partial charge is 0.405 e. The fourth-order valence-electron chi connectivity index (χ4n) is 2.35. The second-order valence-electron chi connectivity index (χ2n) is 5.56. The lowest BCUT2D eigenvalue weighted by Gasteiger charge is -2.16. The van der Waals surface area contributed by atoms with E-state index in [0.717, 1.165) is 10.9 Å². The van der Waals surface area contributed by atoms with Gasteiger partial charge in [-0.25, -0.2) is 15.0 Å². The van der Waals surface area contributed by atoms with Crippen LogP contribution in [0.2, 0.25) is 0 Å². The van der Waals surface area contributed by atoms with Gasteiger partial charge in [-0.1, -0.05) is 0 Å². The average molecular weight is 364 g/mol. The van der Waals surface area contributed by atoms with Gasteiger partial charge < -0.3 is 15.6 Å². The van der Waals surface area contributed by atoms with Gasteiger partial charge in [0.2, 0.25) is 5.91 Å². The number of alkyl halides is 3. The smallest absolute Gasteiger partial charge is 0.359 e. The van der Waals surface area contributed by atoms with E-state index in [2.05, 4.69) is 25.3 Å². The molecule has 0 saturated heterocycles. The minimum atomic E-state index is -4.46. The summed E-state index contributed by atoms with van der Waals surface area (Å²) in [4.78, 5) is 27.5. The van der Waals surface area contributed by atoms with E-state index >= 15 is 0 Å². The van der Waals surface area contributed by atoms with Crippen LogP contribution in [0.1, 0.15) is 6.92 Å². The van der Waals surface area contributed by atoms with Crippen LogP contribution >= 0.6 is 0 Å². The van der Waals surface area contributed by atoms with Crippen LogP contribution in [0.15, 0.2) is 36.8 Å². The van der Waals surface area contributed by atoms with Gasteiger partial charge in [0.15, 0.2) is 5.82 Å². The lowest BCUT2D eigenvalue weighted by Crippen LogP contribution is -2.42. The van der Waals surface area contributed by atoms with Crippen LogP contribution in [-0.2, 0) is 4.79 Å². The third-order valence-electron chi connectivity index (χ3n) is 3.58. The van der Waals surface area contributed by atoms with Crippen molar-refractivity contribution in [1.82, 2.24) is 25.3 Å². The Kier molecular flexibility index (Phi) is 4.74. The molecule has 136 valence electrons. The van der Waals surface area contributed by atoms with E-state index in [-0.39, 0.29) is 0 Å². The number of halogens is 3. The van der Waals surface area contributed by atoms with Gasteiger partial charge in [-0.3, -0.25) is 4.79 Å². The van der Waals surface area contributed by atoms with Crippen molar-refractivity contribution >= 4 is 22.8 Å². The molecule has 26 heavy (non-hydrogen) atoms. The number of amides is 1. The van der Waals surface area contributed by atoms with E-state index in [1.54, 1.807) is 18.5 Å². The number of carbonyl (C=O) groups is 1. The van der Waals surface area contributed by atoms with Gasteiger partial charge >= 0.3 is 6.18 Å². The predicted molar refractivity (Wildman–Crippen MR) is 89.3 cm³/mol. The first-order chi connectivity index (χ1) is 12.3. The first kappa shape index (κ1) is 17.6. The van der Waals surface area contributed by atoms with Crippen molar-refractivity contribution < 1.29 is 18.0 Å². The van der Waals surface area contributed by atoms with Crippen LogP contribution in [0.3, 0.4) is 0 Å². The number of hydrogen-bond donors (Lipinski definition) is 3. The molecule has 0 aliphatic heterocycles. The minimum absolute atomic E-state index is 0.324. The maximum atomic E-state index is 12.2. The first-order valence-corrected chi connectivity index (χ1v) is 7.70. The number of fused-ring (bicyclic) bond motifs is 1. The molecule has 0 spiro atoms. The summed E-state index contributed by atoms with van der Waals surface area (Å²) >= 11 is 0. The van der Waals surface area contributed by atoms with Crippen LogP contribution in [0, 0.1) is 0 Å². The molecule has 0 fully saturated rings. The van der Waals surface area contributed by atoms with Gasteiger partial charge in [-0.15, -0.1) is 0 Å². The monoisotopic (exact) mass is 364 g/mol. The SMILES string of the molecule is C[C@@H](Nc1ccnc(-c2ccnc3[nH]ccc23)n1)C(=O)NCC(F)(F)F. The van der Waals surface area contributed by atoms with E-state index in [0.29, 0.717) is 17.3 Å². The molecule has 0 aliphatic carbocycles. The molecule has 0 saturated carbocycles. The quantitative estimate of drug-likeness (QED) is 0.647. The number of carbonyl (C=O) groups excluding carboxylic acids is 1. The molecule has 0 unspecified atom stereocenters. The number of rotatable bonds is 5. The standard InChI is InChI=1S/C16H15F3N6O/c1-9(15(26)23-8-16(17,18)19)24-12-4-7-22-14(25-12)11-3-6-21-13-10(11)2-5-20-13/h2-7,9H,8H2,1H3,(H,20,21)(H,23,26)(H,22,24,25)/t9-/m1/s1. The molecule has 3 N–H and O–H groups in total. The van der Waals surface area contributed by atoms with Gasteiger partial charge in [0.1, 0.15) is 24.1 Å². The molecule has 0 aromatic carbocycles. The highest BCUT2D eigenvalue weighted by Gasteiger charge is 2.28. The highest BCUT2D eigenvalue weighted by Crippen LogP contribution is 2.24. The van der Waals surface area contributed by atoms with E-state index in [1.165, 1.54) is 19.2 Å². The second kappa shape index (κ2) is 6.98. The number of nitrogens with zero attached hydrogens (tertiary/aromatic N) is 3. The summed E-state index contributed by atoms with van der Waals surface area (Å²) in [6.07, 6.45) is 0.409. The number of H-pyrrole nitrogens is 1. The Morgan fingerprint density at radius 1 is 1.23 bits per heavy atom.